The zero-order valence-corrected chi connectivity index (χ0v) is 7.34. The van der Waals surface area contributed by atoms with Gasteiger partial charge in [0.2, 0.25) is 0 Å². The first-order chi connectivity index (χ1) is 6.06. The number of alkyl halides is 2. The van der Waals surface area contributed by atoms with Crippen LogP contribution in [0.15, 0.2) is 6.07 Å². The van der Waals surface area contributed by atoms with E-state index in [-0.39, 0.29) is 11.5 Å². The number of halogens is 2. The molecule has 0 radical (unpaired) electrons. The number of hydrogen-bond donors (Lipinski definition) is 1. The van der Waals surface area contributed by atoms with E-state index in [1.54, 1.807) is 6.92 Å². The quantitative estimate of drug-likeness (QED) is 0.771. The van der Waals surface area contributed by atoms with Crippen molar-refractivity contribution in [3.05, 3.63) is 17.3 Å². The van der Waals surface area contributed by atoms with Gasteiger partial charge in [-0.2, -0.15) is 0 Å². The average molecular weight is 188 g/mol. The normalized spacial score (nSPS) is 10.5. The molecule has 0 spiro atoms. The van der Waals surface area contributed by atoms with Crippen LogP contribution in [0.3, 0.4) is 0 Å². The van der Waals surface area contributed by atoms with Crippen LogP contribution in [-0.2, 0) is 0 Å². The Kier molecular flexibility index (Phi) is 2.65. The smallest absolute Gasteiger partial charge is 0.280 e. The molecule has 0 aromatic carbocycles. The summed E-state index contributed by atoms with van der Waals surface area (Å²) < 4.78 is 29.3. The van der Waals surface area contributed by atoms with E-state index in [4.69, 9.17) is 10.5 Å². The van der Waals surface area contributed by atoms with Crippen LogP contribution >= 0.6 is 0 Å². The van der Waals surface area contributed by atoms with Crippen LogP contribution in [0.25, 0.3) is 0 Å². The van der Waals surface area contributed by atoms with Gasteiger partial charge in [0.05, 0.1) is 7.11 Å². The minimum atomic E-state index is -2.60. The Labute approximate surface area is 74.5 Å². The molecule has 2 N–H and O–H groups in total. The number of nitrogens with zero attached hydrogens (tertiary/aromatic N) is 1. The third-order valence-corrected chi connectivity index (χ3v) is 1.63. The summed E-state index contributed by atoms with van der Waals surface area (Å²) >= 11 is 0. The molecule has 0 saturated carbocycles. The van der Waals surface area contributed by atoms with Gasteiger partial charge in [-0.05, 0) is 18.6 Å². The van der Waals surface area contributed by atoms with Crippen LogP contribution in [0.4, 0.5) is 14.6 Å². The lowest BCUT2D eigenvalue weighted by Gasteiger charge is -2.08. The van der Waals surface area contributed by atoms with Crippen molar-refractivity contribution < 1.29 is 13.5 Å². The summed E-state index contributed by atoms with van der Waals surface area (Å²) in [5.74, 6) is 0.349. The molecule has 72 valence electrons. The van der Waals surface area contributed by atoms with Crippen molar-refractivity contribution in [2.24, 2.45) is 0 Å². The van der Waals surface area contributed by atoms with Crippen LogP contribution in [0.2, 0.25) is 0 Å². The van der Waals surface area contributed by atoms with Crippen molar-refractivity contribution in [3.63, 3.8) is 0 Å². The van der Waals surface area contributed by atoms with Gasteiger partial charge in [-0.25, -0.2) is 13.8 Å². The number of nitrogen functional groups attached to an aromatic ring is 1. The minimum absolute atomic E-state index is 0.00204. The molecule has 13 heavy (non-hydrogen) atoms. The van der Waals surface area contributed by atoms with Crippen LogP contribution < -0.4 is 10.5 Å². The number of methoxy groups -OCH3 is 1. The van der Waals surface area contributed by atoms with Gasteiger partial charge in [-0.3, -0.25) is 0 Å². The van der Waals surface area contributed by atoms with Crippen LogP contribution in [-0.4, -0.2) is 12.1 Å². The van der Waals surface area contributed by atoms with Crippen molar-refractivity contribution >= 4 is 5.82 Å². The van der Waals surface area contributed by atoms with Gasteiger partial charge < -0.3 is 10.5 Å². The van der Waals surface area contributed by atoms with Crippen LogP contribution in [0.5, 0.6) is 5.75 Å². The van der Waals surface area contributed by atoms with E-state index in [2.05, 4.69) is 4.98 Å². The highest BCUT2D eigenvalue weighted by Crippen LogP contribution is 2.28. The molecule has 5 heteroatoms. The number of rotatable bonds is 2. The lowest BCUT2D eigenvalue weighted by Crippen LogP contribution is -2.01. The second kappa shape index (κ2) is 3.55. The second-order valence-electron chi connectivity index (χ2n) is 2.58. The molecule has 1 rings (SSSR count). The zero-order valence-electron chi connectivity index (χ0n) is 7.34. The molecule has 1 aromatic rings. The highest BCUT2D eigenvalue weighted by atomic mass is 19.3. The monoisotopic (exact) mass is 188 g/mol. The fraction of sp³-hybridized carbons (Fsp3) is 0.375. The van der Waals surface area contributed by atoms with E-state index in [9.17, 15) is 8.78 Å². The fourth-order valence-electron chi connectivity index (χ4n) is 1.09. The SMILES string of the molecule is COc1c(C)cc(C(F)F)nc1N. The molecule has 0 aliphatic heterocycles. The summed E-state index contributed by atoms with van der Waals surface area (Å²) in [6.07, 6.45) is -2.60. The molecule has 0 unspecified atom stereocenters. The van der Waals surface area contributed by atoms with Crippen LogP contribution in [0.1, 0.15) is 17.7 Å². The zero-order chi connectivity index (χ0) is 10.0. The first-order valence-corrected chi connectivity index (χ1v) is 3.65. The van der Waals surface area contributed by atoms with Gasteiger partial charge in [0.25, 0.3) is 6.43 Å². The summed E-state index contributed by atoms with van der Waals surface area (Å²) in [6, 6.07) is 1.26. The largest absolute Gasteiger partial charge is 0.493 e. The topological polar surface area (TPSA) is 48.1 Å². The Balaban J connectivity index is 3.20. The molecule has 0 amide bonds. The van der Waals surface area contributed by atoms with Crippen molar-refractivity contribution in [1.82, 2.24) is 4.98 Å². The molecular weight excluding hydrogens is 178 g/mol. The molecule has 0 bridgehead atoms. The molecule has 1 aromatic heterocycles. The third-order valence-electron chi connectivity index (χ3n) is 1.63. The van der Waals surface area contributed by atoms with Gasteiger partial charge >= 0.3 is 0 Å². The standard InChI is InChI=1S/C8H10F2N2O/c1-4-3-5(7(9)10)12-8(11)6(4)13-2/h3,7H,1-2H3,(H2,11,12). The van der Waals surface area contributed by atoms with E-state index >= 15 is 0 Å². The highest BCUT2D eigenvalue weighted by molar-refractivity contribution is 5.51. The number of aromatic nitrogens is 1. The first-order valence-electron chi connectivity index (χ1n) is 3.65. The number of ether oxygens (including phenoxy) is 1. The lowest BCUT2D eigenvalue weighted by molar-refractivity contribution is 0.146. The molecule has 1 heterocycles. The second-order valence-corrected chi connectivity index (χ2v) is 2.58. The van der Waals surface area contributed by atoms with Crippen LogP contribution in [0, 0.1) is 6.92 Å². The predicted molar refractivity (Wildman–Crippen MR) is 44.9 cm³/mol. The molecule has 3 nitrogen and oxygen atoms in total. The molecule has 0 saturated heterocycles. The van der Waals surface area contributed by atoms with E-state index in [1.807, 2.05) is 0 Å². The van der Waals surface area contributed by atoms with E-state index in [1.165, 1.54) is 13.2 Å². The van der Waals surface area contributed by atoms with Crippen molar-refractivity contribution in [1.29, 1.82) is 0 Å². The van der Waals surface area contributed by atoms with E-state index in [0.717, 1.165) is 0 Å². The van der Waals surface area contributed by atoms with Crippen molar-refractivity contribution in [3.8, 4) is 5.75 Å². The van der Waals surface area contributed by atoms with Gasteiger partial charge in [0, 0.05) is 0 Å². The highest BCUT2D eigenvalue weighted by Gasteiger charge is 2.13. The summed E-state index contributed by atoms with van der Waals surface area (Å²) in [6.45, 7) is 1.64. The Bertz CT molecular complexity index is 292. The molecule has 0 atom stereocenters. The fourth-order valence-corrected chi connectivity index (χ4v) is 1.09. The molecular formula is C8H10F2N2O. The van der Waals surface area contributed by atoms with E-state index < -0.39 is 6.43 Å². The Hall–Kier alpha value is -1.39. The molecule has 0 aliphatic carbocycles. The number of pyridine rings is 1. The maximum atomic E-state index is 12.2. The number of anilines is 1. The summed E-state index contributed by atoms with van der Waals surface area (Å²) in [5, 5.41) is 0. The number of nitrogens with two attached hydrogens (primary N) is 1. The van der Waals surface area contributed by atoms with Crippen molar-refractivity contribution in [2.45, 2.75) is 13.3 Å². The summed E-state index contributed by atoms with van der Waals surface area (Å²) in [4.78, 5) is 3.51. The Morgan fingerprint density at radius 3 is 2.54 bits per heavy atom. The predicted octanol–water partition coefficient (Wildman–Crippen LogP) is 1.92. The molecule has 0 aliphatic rings. The maximum absolute atomic E-state index is 12.2. The number of aryl methyl sites for hydroxylation is 1. The maximum Gasteiger partial charge on any atom is 0.280 e. The minimum Gasteiger partial charge on any atom is -0.493 e. The van der Waals surface area contributed by atoms with Gasteiger partial charge in [-0.1, -0.05) is 0 Å². The molecule has 0 fully saturated rings. The Morgan fingerprint density at radius 1 is 1.54 bits per heavy atom. The summed E-state index contributed by atoms with van der Waals surface area (Å²) in [5.41, 5.74) is 5.64. The first kappa shape index (κ1) is 9.70. The third kappa shape index (κ3) is 1.85. The summed E-state index contributed by atoms with van der Waals surface area (Å²) in [7, 11) is 1.42. The van der Waals surface area contributed by atoms with Crippen molar-refractivity contribution in [2.75, 3.05) is 12.8 Å². The Morgan fingerprint density at radius 2 is 2.15 bits per heavy atom. The van der Waals surface area contributed by atoms with Gasteiger partial charge in [0.15, 0.2) is 11.6 Å². The number of hydrogen-bond acceptors (Lipinski definition) is 3. The van der Waals surface area contributed by atoms with Gasteiger partial charge in [-0.15, -0.1) is 0 Å². The van der Waals surface area contributed by atoms with E-state index in [0.29, 0.717) is 11.3 Å². The lowest BCUT2D eigenvalue weighted by atomic mass is 10.2. The average Bonchev–Trinajstić information content (AvgIpc) is 2.03. The van der Waals surface area contributed by atoms with Gasteiger partial charge in [0.1, 0.15) is 5.69 Å².